The molecule has 5 heteroatoms. The minimum absolute atomic E-state index is 0.484. The first-order valence-corrected chi connectivity index (χ1v) is 8.24. The van der Waals surface area contributed by atoms with Crippen molar-refractivity contribution in [2.75, 3.05) is 20.8 Å². The lowest BCUT2D eigenvalue weighted by molar-refractivity contribution is -0.216. The van der Waals surface area contributed by atoms with E-state index in [4.69, 9.17) is 15.2 Å². The number of carbonyl (C=O) groups is 1. The van der Waals surface area contributed by atoms with Gasteiger partial charge < -0.3 is 20.5 Å². The quantitative estimate of drug-likeness (QED) is 0.380. The number of amides is 2. The Morgan fingerprint density at radius 3 is 2.00 bits per heavy atom. The second-order valence-electron chi connectivity index (χ2n) is 5.58. The summed E-state index contributed by atoms with van der Waals surface area (Å²) in [6.07, 6.45) is 11.4. The molecule has 0 aliphatic carbocycles. The summed E-state index contributed by atoms with van der Waals surface area (Å²) < 4.78 is 11.1. The third-order valence-corrected chi connectivity index (χ3v) is 3.94. The molecule has 0 saturated heterocycles. The van der Waals surface area contributed by atoms with Gasteiger partial charge in [-0.05, 0) is 12.8 Å². The monoisotopic (exact) mass is 302 g/mol. The highest BCUT2D eigenvalue weighted by Gasteiger charge is 2.28. The smallest absolute Gasteiger partial charge is 0.312 e. The Balaban J connectivity index is 3.84. The first-order valence-electron chi connectivity index (χ1n) is 8.24. The Morgan fingerprint density at radius 1 is 0.952 bits per heavy atom. The van der Waals surface area contributed by atoms with E-state index in [2.05, 4.69) is 12.2 Å². The lowest BCUT2D eigenvalue weighted by Gasteiger charge is -2.31. The molecule has 0 aromatic carbocycles. The molecule has 0 aliphatic rings. The molecule has 0 fully saturated rings. The SMILES string of the molecule is CCCCCCCCCC(CCCNC(N)=O)(OC)OC. The van der Waals surface area contributed by atoms with E-state index < -0.39 is 11.8 Å². The summed E-state index contributed by atoms with van der Waals surface area (Å²) in [5.74, 6) is -0.525. The third kappa shape index (κ3) is 10.5. The van der Waals surface area contributed by atoms with Crippen LogP contribution in [0.4, 0.5) is 4.79 Å². The average molecular weight is 302 g/mol. The van der Waals surface area contributed by atoms with Gasteiger partial charge in [0.15, 0.2) is 5.79 Å². The van der Waals surface area contributed by atoms with Gasteiger partial charge in [0.25, 0.3) is 0 Å². The fraction of sp³-hybridized carbons (Fsp3) is 0.938. The van der Waals surface area contributed by atoms with Gasteiger partial charge in [-0.2, -0.15) is 0 Å². The largest absolute Gasteiger partial charge is 0.353 e. The number of ether oxygens (including phenoxy) is 2. The summed E-state index contributed by atoms with van der Waals surface area (Å²) in [7, 11) is 3.37. The minimum Gasteiger partial charge on any atom is -0.353 e. The average Bonchev–Trinajstić information content (AvgIpc) is 2.48. The van der Waals surface area contributed by atoms with E-state index >= 15 is 0 Å². The number of methoxy groups -OCH3 is 2. The minimum atomic E-state index is -0.525. The Bertz CT molecular complexity index is 256. The Hall–Kier alpha value is -0.810. The molecule has 2 amide bonds. The molecule has 0 atom stereocenters. The number of nitrogens with one attached hydrogen (secondary N) is 1. The van der Waals surface area contributed by atoms with Crippen LogP contribution in [-0.4, -0.2) is 32.6 Å². The van der Waals surface area contributed by atoms with Crippen LogP contribution in [0.5, 0.6) is 0 Å². The number of rotatable bonds is 14. The van der Waals surface area contributed by atoms with Crippen LogP contribution >= 0.6 is 0 Å². The van der Waals surface area contributed by atoms with Crippen LogP contribution < -0.4 is 11.1 Å². The topological polar surface area (TPSA) is 73.6 Å². The van der Waals surface area contributed by atoms with E-state index in [1.54, 1.807) is 14.2 Å². The van der Waals surface area contributed by atoms with Gasteiger partial charge in [-0.25, -0.2) is 4.79 Å². The van der Waals surface area contributed by atoms with E-state index in [0.29, 0.717) is 6.54 Å². The molecule has 126 valence electrons. The van der Waals surface area contributed by atoms with Gasteiger partial charge in [-0.3, -0.25) is 0 Å². The van der Waals surface area contributed by atoms with Crippen LogP contribution in [0.3, 0.4) is 0 Å². The molecular formula is C16H34N2O3. The standard InChI is InChI=1S/C16H34N2O3/c1-4-5-6-7-8-9-10-12-16(20-2,21-3)13-11-14-18-15(17)19/h4-14H2,1-3H3,(H3,17,18,19). The summed E-state index contributed by atoms with van der Waals surface area (Å²) in [6.45, 7) is 2.79. The fourth-order valence-corrected chi connectivity index (χ4v) is 2.54. The van der Waals surface area contributed by atoms with E-state index in [0.717, 1.165) is 25.7 Å². The molecule has 0 aliphatic heterocycles. The zero-order valence-electron chi connectivity index (χ0n) is 14.1. The normalized spacial score (nSPS) is 11.6. The van der Waals surface area contributed by atoms with Gasteiger partial charge in [0.05, 0.1) is 0 Å². The second kappa shape index (κ2) is 12.9. The van der Waals surface area contributed by atoms with Gasteiger partial charge in [0.1, 0.15) is 0 Å². The maximum atomic E-state index is 10.6. The lowest BCUT2D eigenvalue weighted by Crippen LogP contribution is -2.36. The Kier molecular flexibility index (Phi) is 12.4. The van der Waals surface area contributed by atoms with Crippen molar-refractivity contribution in [1.82, 2.24) is 5.32 Å². The van der Waals surface area contributed by atoms with Crippen LogP contribution in [0.1, 0.15) is 71.1 Å². The number of primary amides is 1. The van der Waals surface area contributed by atoms with Crippen molar-refractivity contribution in [3.63, 3.8) is 0 Å². The number of hydrogen-bond acceptors (Lipinski definition) is 3. The van der Waals surface area contributed by atoms with Gasteiger partial charge in [0, 0.05) is 33.6 Å². The molecule has 0 unspecified atom stereocenters. The van der Waals surface area contributed by atoms with E-state index in [1.807, 2.05) is 0 Å². The zero-order valence-corrected chi connectivity index (χ0v) is 14.1. The van der Waals surface area contributed by atoms with Crippen molar-refractivity contribution in [3.8, 4) is 0 Å². The number of nitrogens with two attached hydrogens (primary N) is 1. The Morgan fingerprint density at radius 2 is 1.48 bits per heavy atom. The van der Waals surface area contributed by atoms with Crippen LogP contribution in [0.25, 0.3) is 0 Å². The molecule has 0 rings (SSSR count). The van der Waals surface area contributed by atoms with Crippen molar-refractivity contribution in [2.24, 2.45) is 5.73 Å². The molecule has 21 heavy (non-hydrogen) atoms. The number of hydrogen-bond donors (Lipinski definition) is 2. The van der Waals surface area contributed by atoms with Crippen molar-refractivity contribution < 1.29 is 14.3 Å². The molecule has 5 nitrogen and oxygen atoms in total. The van der Waals surface area contributed by atoms with Crippen molar-refractivity contribution in [2.45, 2.75) is 76.9 Å². The first-order chi connectivity index (χ1) is 10.1. The summed E-state index contributed by atoms with van der Waals surface area (Å²) in [5, 5.41) is 2.59. The molecule has 0 spiro atoms. The summed E-state index contributed by atoms with van der Waals surface area (Å²) in [5.41, 5.74) is 5.04. The van der Waals surface area contributed by atoms with Crippen LogP contribution in [-0.2, 0) is 9.47 Å². The maximum absolute atomic E-state index is 10.6. The highest BCUT2D eigenvalue weighted by atomic mass is 16.7. The number of carbonyl (C=O) groups excluding carboxylic acids is 1. The van der Waals surface area contributed by atoms with Gasteiger partial charge in [-0.1, -0.05) is 45.4 Å². The fourth-order valence-electron chi connectivity index (χ4n) is 2.54. The van der Waals surface area contributed by atoms with Crippen molar-refractivity contribution in [1.29, 1.82) is 0 Å². The molecule has 0 heterocycles. The van der Waals surface area contributed by atoms with Gasteiger partial charge >= 0.3 is 6.03 Å². The molecule has 3 N–H and O–H groups in total. The summed E-state index contributed by atoms with van der Waals surface area (Å²) >= 11 is 0. The Labute approximate surface area is 129 Å². The number of unbranched alkanes of at least 4 members (excludes halogenated alkanes) is 6. The number of urea groups is 1. The van der Waals surface area contributed by atoms with Crippen LogP contribution in [0.2, 0.25) is 0 Å². The van der Waals surface area contributed by atoms with Gasteiger partial charge in [-0.15, -0.1) is 0 Å². The predicted molar refractivity (Wildman–Crippen MR) is 86.2 cm³/mol. The van der Waals surface area contributed by atoms with Crippen molar-refractivity contribution >= 4 is 6.03 Å². The molecule has 0 radical (unpaired) electrons. The molecule has 0 aromatic rings. The lowest BCUT2D eigenvalue weighted by atomic mass is 10.0. The van der Waals surface area contributed by atoms with E-state index in [-0.39, 0.29) is 0 Å². The molecule has 0 saturated carbocycles. The van der Waals surface area contributed by atoms with Crippen LogP contribution in [0, 0.1) is 0 Å². The van der Waals surface area contributed by atoms with E-state index in [9.17, 15) is 4.79 Å². The highest BCUT2D eigenvalue weighted by Crippen LogP contribution is 2.25. The first kappa shape index (κ1) is 20.2. The molecule has 0 aromatic heterocycles. The summed E-state index contributed by atoms with van der Waals surface area (Å²) in [4.78, 5) is 10.6. The molecule has 0 bridgehead atoms. The third-order valence-electron chi connectivity index (χ3n) is 3.94. The van der Waals surface area contributed by atoms with Gasteiger partial charge in [0.2, 0.25) is 0 Å². The summed E-state index contributed by atoms with van der Waals surface area (Å²) in [6, 6.07) is -0.484. The molecular weight excluding hydrogens is 268 g/mol. The highest BCUT2D eigenvalue weighted by molar-refractivity contribution is 5.71. The maximum Gasteiger partial charge on any atom is 0.312 e. The second-order valence-corrected chi connectivity index (χ2v) is 5.58. The zero-order chi connectivity index (χ0) is 16.0. The van der Waals surface area contributed by atoms with E-state index in [1.165, 1.54) is 38.5 Å². The van der Waals surface area contributed by atoms with Crippen molar-refractivity contribution in [3.05, 3.63) is 0 Å². The van der Waals surface area contributed by atoms with Crippen LogP contribution in [0.15, 0.2) is 0 Å². The predicted octanol–water partition coefficient (Wildman–Crippen LogP) is 3.56.